The molecule has 8 fully saturated rings. The smallest absolute Gasteiger partial charge is 0.308 e. The Balaban J connectivity index is 0.000000122. The SMILES string of the molecule is CNc1cc(Nc2cccn(-c3ncco3)c2=O)nc2c(C(=O)N[C@@H]3CC[C@H]3OC)cnn12.CNc1cc(Nc2cccn(C3CCC(OC)CC3)c2=O)nc2c(C(=O)N[C@@H]3CC[C@H]3OC)cnn12.CNc1cc(Nc2cccn(C3CCOCC3)c2=O)nc2c(C(=O)N[C@H]3CC[C@@H]3OC)cnn12.CNc1cc(Nc2cccn(C3[C@H]4COC[C@@H]34)c2=O)nc2c(C(=O)N[C@@H]3CC[C@H]3OC)cnn12. The van der Waals surface area contributed by atoms with Gasteiger partial charge < -0.3 is 115 Å². The van der Waals surface area contributed by atoms with Gasteiger partial charge in [0.05, 0.1) is 98.9 Å². The number of hydrogen-bond acceptors (Lipinski definition) is 33. The maximum absolute atomic E-state index is 13.3. The number of anilines is 12. The Bertz CT molecular complexity index is 6630. The third-order valence-electron chi connectivity index (χ3n) is 26.9. The van der Waals surface area contributed by atoms with Crippen molar-refractivity contribution in [3.8, 4) is 6.01 Å². The fourth-order valence-electron chi connectivity index (χ4n) is 18.5. The number of amides is 4. The van der Waals surface area contributed by atoms with Gasteiger partial charge in [0.15, 0.2) is 22.6 Å². The summed E-state index contributed by atoms with van der Waals surface area (Å²) in [4.78, 5) is 127. The third kappa shape index (κ3) is 19.2. The molecule has 11 atom stereocenters. The molecule has 12 N–H and O–H groups in total. The van der Waals surface area contributed by atoms with E-state index in [1.807, 2.05) is 36.8 Å². The van der Waals surface area contributed by atoms with Crippen molar-refractivity contribution in [3.05, 3.63) is 199 Å². The first-order valence-corrected chi connectivity index (χ1v) is 45.9. The van der Waals surface area contributed by atoms with Gasteiger partial charge in [-0.15, -0.1) is 0 Å². The fourth-order valence-corrected chi connectivity index (χ4v) is 18.5. The molecule has 21 rings (SSSR count). The zero-order valence-corrected chi connectivity index (χ0v) is 77.1. The van der Waals surface area contributed by atoms with Gasteiger partial charge in [-0.05, 0) is 138 Å². The average Bonchev–Trinajstić information content (AvgIpc) is 1.57. The van der Waals surface area contributed by atoms with E-state index in [0.717, 1.165) is 89.9 Å². The molecule has 1 unspecified atom stereocenters. The summed E-state index contributed by atoms with van der Waals surface area (Å²) in [7, 11) is 15.4. The molecule has 0 radical (unpaired) electrons. The Morgan fingerprint density at radius 1 is 0.380 bits per heavy atom. The van der Waals surface area contributed by atoms with Crippen LogP contribution in [0.2, 0.25) is 0 Å². The van der Waals surface area contributed by atoms with Crippen LogP contribution in [0.4, 0.5) is 69.3 Å². The normalized spacial score (nSPS) is 22.3. The summed E-state index contributed by atoms with van der Waals surface area (Å²) in [5, 5.41) is 54.1. The van der Waals surface area contributed by atoms with Gasteiger partial charge in [0.2, 0.25) is 0 Å². The highest BCUT2D eigenvalue weighted by Gasteiger charge is 2.56. The van der Waals surface area contributed by atoms with Crippen LogP contribution in [0, 0.1) is 11.8 Å². The number of hydrogen-bond donors (Lipinski definition) is 12. The zero-order chi connectivity index (χ0) is 95.2. The molecule has 15 heterocycles. The molecule has 45 nitrogen and oxygen atoms in total. The van der Waals surface area contributed by atoms with Crippen molar-refractivity contribution in [2.24, 2.45) is 11.8 Å². The van der Waals surface area contributed by atoms with Crippen LogP contribution in [0.3, 0.4) is 0 Å². The number of fused-ring (bicyclic) bond motifs is 5. The summed E-state index contributed by atoms with van der Waals surface area (Å²) in [6.45, 7) is 2.72. The maximum Gasteiger partial charge on any atom is 0.308 e. The van der Waals surface area contributed by atoms with Crippen LogP contribution in [0.25, 0.3) is 28.6 Å². The topological polar surface area (TPSA) is 512 Å². The summed E-state index contributed by atoms with van der Waals surface area (Å²) in [6.07, 6.45) is 28.7. The molecule has 4 amide bonds. The molecule has 0 aromatic carbocycles. The first-order chi connectivity index (χ1) is 66.8. The van der Waals surface area contributed by atoms with Crippen molar-refractivity contribution in [2.75, 3.05) is 133 Å². The van der Waals surface area contributed by atoms with Crippen LogP contribution in [0.5, 0.6) is 0 Å². The van der Waals surface area contributed by atoms with E-state index in [1.54, 1.807) is 152 Å². The van der Waals surface area contributed by atoms with E-state index in [4.69, 9.17) is 37.6 Å². The predicted octanol–water partition coefficient (Wildman–Crippen LogP) is 7.61. The molecule has 0 bridgehead atoms. The minimum atomic E-state index is -0.366. The number of oxazole rings is 1. The first kappa shape index (κ1) is 92.9. The third-order valence-corrected chi connectivity index (χ3v) is 26.9. The number of nitrogens with one attached hydrogen (secondary N) is 12. The van der Waals surface area contributed by atoms with Gasteiger partial charge in [-0.25, -0.2) is 29.5 Å². The van der Waals surface area contributed by atoms with Gasteiger partial charge in [0.25, 0.3) is 45.9 Å². The molecule has 6 saturated carbocycles. The summed E-state index contributed by atoms with van der Waals surface area (Å²) < 4.78 is 56.0. The van der Waals surface area contributed by atoms with E-state index < -0.39 is 0 Å². The summed E-state index contributed by atoms with van der Waals surface area (Å²) in [5.74, 6) is 3.96. The molecule has 2 saturated heterocycles. The lowest BCUT2D eigenvalue weighted by molar-refractivity contribution is 0.00731. The van der Waals surface area contributed by atoms with Crippen LogP contribution in [-0.4, -0.2) is 250 Å². The maximum atomic E-state index is 13.3. The number of methoxy groups -OCH3 is 5. The number of carbonyl (C=O) groups excluding carboxylic acids is 4. The number of nitrogens with zero attached hydrogens (tertiary/aromatic N) is 17. The van der Waals surface area contributed by atoms with Crippen molar-refractivity contribution in [1.29, 1.82) is 0 Å². The van der Waals surface area contributed by atoms with Crippen LogP contribution >= 0.6 is 0 Å². The number of pyridine rings is 4. The monoisotopic (exact) mass is 1880 g/mol. The van der Waals surface area contributed by atoms with Gasteiger partial charge in [-0.3, -0.25) is 38.4 Å². The van der Waals surface area contributed by atoms with Gasteiger partial charge in [-0.2, -0.15) is 38.5 Å². The molecule has 2 aliphatic heterocycles. The summed E-state index contributed by atoms with van der Waals surface area (Å²) in [6, 6.07) is 21.5. The largest absolute Gasteiger partial charge is 0.432 e. The van der Waals surface area contributed by atoms with E-state index in [9.17, 15) is 38.4 Å². The predicted molar refractivity (Wildman–Crippen MR) is 507 cm³/mol. The lowest BCUT2D eigenvalue weighted by atomic mass is 9.89. The van der Waals surface area contributed by atoms with E-state index in [2.05, 4.69) is 109 Å². The minimum Gasteiger partial charge on any atom is -0.432 e. The Kier molecular flexibility index (Phi) is 27.8. The quantitative estimate of drug-likeness (QED) is 0.0214. The highest BCUT2D eigenvalue weighted by atomic mass is 16.5. The van der Waals surface area contributed by atoms with E-state index in [-0.39, 0.29) is 130 Å². The van der Waals surface area contributed by atoms with Crippen LogP contribution in [0.15, 0.2) is 158 Å². The second-order valence-electron chi connectivity index (χ2n) is 34.7. The zero-order valence-electron chi connectivity index (χ0n) is 77.1. The van der Waals surface area contributed by atoms with E-state index in [1.165, 1.54) is 46.3 Å². The van der Waals surface area contributed by atoms with Crippen LogP contribution in [0.1, 0.15) is 149 Å². The fraction of sp³-hybridized carbons (Fsp3) is 0.446. The van der Waals surface area contributed by atoms with Crippen molar-refractivity contribution in [3.63, 3.8) is 0 Å². The van der Waals surface area contributed by atoms with Crippen LogP contribution < -0.4 is 86.0 Å². The molecule has 720 valence electrons. The number of carbonyl (C=O) groups is 4. The van der Waals surface area contributed by atoms with Gasteiger partial charge in [0.1, 0.15) is 97.8 Å². The lowest BCUT2D eigenvalue weighted by Gasteiger charge is -2.35. The highest BCUT2D eigenvalue weighted by molar-refractivity contribution is 6.03. The van der Waals surface area contributed by atoms with E-state index in [0.29, 0.717) is 147 Å². The van der Waals surface area contributed by atoms with Gasteiger partial charge in [0, 0.05) is 156 Å². The summed E-state index contributed by atoms with van der Waals surface area (Å²) >= 11 is 0. The Hall–Kier alpha value is -14.5. The molecule has 8 aliphatic rings. The highest BCUT2D eigenvalue weighted by Crippen LogP contribution is 2.54. The Labute approximate surface area is 783 Å². The second-order valence-corrected chi connectivity index (χ2v) is 34.7. The van der Waals surface area contributed by atoms with Crippen LogP contribution in [-0.2, 0) is 33.2 Å². The van der Waals surface area contributed by atoms with E-state index >= 15 is 0 Å². The average molecular weight is 1880 g/mol. The standard InChI is InChI=1S/C25H33N7O4.C23H27N7O4.C23H29N7O4.C21H22N8O4/c1-26-22-13-21(28-19-5-4-12-31(25(19)34)15-6-8-16(35-2)9-7-15)30-23-17(14-27-32(22)23)24(33)29-18-10-11-20(18)36-3;1-24-19-8-18(26-16-4-3-7-29(23(16)32)20-13-10-34-11-14(13)20)28-21-12(9-25-30(19)21)22(31)27-15-5-6-17(15)33-2;1-24-20-12-19(26-17-4-3-9-29(23(17)32)14-7-10-34-11-8-14)28-21-15(13-25-30(20)21)22(31)27-16-5-6-18(16)33-2;1-22-17-10-16(25-14-4-3-8-28(20(14)31)21-23-7-9-33-21)27-18-12(11-24-29(17)18)19(30)26-13-5-6-15(13)32-2/h4-5,12-16,18,20,26H,6-11H2,1-3H3,(H,28,30)(H,29,33);3-4,7-9,13-15,17,20,24H,5-6,10-11H2,1-2H3,(H,26,28)(H,27,31);3-4,9,12-14,16,18,24H,5-8,10-11H2,1-2H3,(H,26,28)(H,27,31);3-4,7-11,13,15,22H,5-6H2,1-2H3,(H,25,27)(H,26,30)/t15?,16?,18-,20-;13-,14+,15-,17-,20?;16-,18-;13-,15-/m1101/s1. The minimum absolute atomic E-state index is 0.0118. The second kappa shape index (κ2) is 41.0. The van der Waals surface area contributed by atoms with Crippen molar-refractivity contribution >= 4 is 116 Å². The Morgan fingerprint density at radius 2 is 0.708 bits per heavy atom. The van der Waals surface area contributed by atoms with Crippen molar-refractivity contribution in [2.45, 2.75) is 163 Å². The molecule has 0 spiro atoms. The summed E-state index contributed by atoms with van der Waals surface area (Å²) in [5.41, 5.74) is 3.75. The number of ether oxygens (including phenoxy) is 7. The lowest BCUT2D eigenvalue weighted by Crippen LogP contribution is -2.51. The molecule has 6 aliphatic carbocycles. The van der Waals surface area contributed by atoms with Gasteiger partial charge >= 0.3 is 6.01 Å². The molecular formula is C92H111N29O16. The number of aromatic nitrogens is 17. The molecule has 13 aromatic rings. The molecule has 45 heteroatoms. The van der Waals surface area contributed by atoms with Gasteiger partial charge in [-0.1, -0.05) is 0 Å². The number of rotatable bonds is 29. The van der Waals surface area contributed by atoms with Crippen molar-refractivity contribution in [1.82, 2.24) is 103 Å². The first-order valence-electron chi connectivity index (χ1n) is 45.9. The van der Waals surface area contributed by atoms with Crippen molar-refractivity contribution < 1.29 is 56.8 Å². The molecule has 137 heavy (non-hydrogen) atoms. The Morgan fingerprint density at radius 3 is 1.02 bits per heavy atom. The molecule has 13 aromatic heterocycles. The molecular weight excluding hydrogens is 1770 g/mol.